The van der Waals surface area contributed by atoms with Crippen LogP contribution in [-0.4, -0.2) is 49.4 Å². The van der Waals surface area contributed by atoms with Gasteiger partial charge in [-0.15, -0.1) is 0 Å². The van der Waals surface area contributed by atoms with Crippen molar-refractivity contribution in [2.45, 2.75) is 77.2 Å². The Morgan fingerprint density at radius 3 is 1.81 bits per heavy atom. The summed E-state index contributed by atoms with van der Waals surface area (Å²) in [4.78, 5) is 0. The number of aliphatic hydroxyl groups excluding tert-OH is 2. The van der Waals surface area contributed by atoms with Crippen LogP contribution < -0.4 is 0 Å². The van der Waals surface area contributed by atoms with Crippen LogP contribution in [0, 0.1) is 0 Å². The third kappa shape index (κ3) is 17.8. The molecule has 2 N–H and O–H groups in total. The molecule has 0 rings (SSSR count). The van der Waals surface area contributed by atoms with Gasteiger partial charge in [0.25, 0.3) is 0 Å². The summed E-state index contributed by atoms with van der Waals surface area (Å²) in [6.07, 6.45) is 12.6. The molecule has 0 saturated heterocycles. The Morgan fingerprint density at radius 2 is 1.24 bits per heavy atom. The maximum Gasteiger partial charge on any atom is 0.100 e. The van der Waals surface area contributed by atoms with E-state index in [-0.39, 0.29) is 13.2 Å². The summed E-state index contributed by atoms with van der Waals surface area (Å²) >= 11 is 0. The van der Waals surface area contributed by atoms with Crippen LogP contribution in [0.5, 0.6) is 0 Å². The third-order valence-electron chi connectivity index (χ3n) is 3.54. The lowest BCUT2D eigenvalue weighted by Gasteiger charge is -2.08. The fourth-order valence-electron chi connectivity index (χ4n) is 2.18. The van der Waals surface area contributed by atoms with Gasteiger partial charge in [0, 0.05) is 6.61 Å². The summed E-state index contributed by atoms with van der Waals surface area (Å²) < 4.78 is 10.6. The molecular weight excluding hydrogens is 268 g/mol. The molecule has 0 radical (unpaired) electrons. The standard InChI is InChI=1S/C17H36O4/c1-2-3-4-5-6-7-8-9-10-11-12-20-13-14-21-16-17(19)15-18/h17-19H,2-16H2,1H3. The molecule has 4 nitrogen and oxygen atoms in total. The minimum Gasteiger partial charge on any atom is -0.394 e. The molecule has 0 aliphatic rings. The molecule has 1 unspecified atom stereocenters. The van der Waals surface area contributed by atoms with Gasteiger partial charge in [0.05, 0.1) is 26.4 Å². The first-order valence-electron chi connectivity index (χ1n) is 8.75. The largest absolute Gasteiger partial charge is 0.394 e. The molecule has 0 saturated carbocycles. The van der Waals surface area contributed by atoms with Crippen molar-refractivity contribution < 1.29 is 19.7 Å². The lowest BCUT2D eigenvalue weighted by molar-refractivity contribution is -0.0150. The molecule has 0 aliphatic carbocycles. The Kier molecular flexibility index (Phi) is 17.8. The van der Waals surface area contributed by atoms with Crippen molar-refractivity contribution in [3.05, 3.63) is 0 Å². The number of rotatable bonds is 17. The Bertz CT molecular complexity index is 188. The molecule has 4 heteroatoms. The monoisotopic (exact) mass is 304 g/mol. The Labute approximate surface area is 130 Å². The first kappa shape index (κ1) is 20.8. The van der Waals surface area contributed by atoms with E-state index in [1.54, 1.807) is 0 Å². The summed E-state index contributed by atoms with van der Waals surface area (Å²) in [5.74, 6) is 0. The molecule has 0 aromatic rings. The van der Waals surface area contributed by atoms with Gasteiger partial charge in [0.1, 0.15) is 6.10 Å². The molecule has 0 spiro atoms. The molecule has 0 heterocycles. The van der Waals surface area contributed by atoms with Gasteiger partial charge in [0.15, 0.2) is 0 Å². The second-order valence-corrected chi connectivity index (χ2v) is 5.71. The highest BCUT2D eigenvalue weighted by atomic mass is 16.5. The molecule has 0 bridgehead atoms. The molecule has 21 heavy (non-hydrogen) atoms. The minimum atomic E-state index is -0.771. The molecule has 0 aromatic carbocycles. The predicted molar refractivity (Wildman–Crippen MR) is 86.6 cm³/mol. The van der Waals surface area contributed by atoms with E-state index in [4.69, 9.17) is 19.7 Å². The quantitative estimate of drug-likeness (QED) is 0.405. The van der Waals surface area contributed by atoms with Crippen molar-refractivity contribution in [2.24, 2.45) is 0 Å². The van der Waals surface area contributed by atoms with Gasteiger partial charge in [-0.3, -0.25) is 0 Å². The molecule has 128 valence electrons. The summed E-state index contributed by atoms with van der Waals surface area (Å²) in [6.45, 7) is 4.02. The zero-order valence-electron chi connectivity index (χ0n) is 13.9. The van der Waals surface area contributed by atoms with E-state index in [1.165, 1.54) is 57.8 Å². The maximum absolute atomic E-state index is 9.05. The molecular formula is C17H36O4. The Hall–Kier alpha value is -0.160. The first-order chi connectivity index (χ1) is 10.3. The SMILES string of the molecule is CCCCCCCCCCCCOCCOCC(O)CO. The fraction of sp³-hybridized carbons (Fsp3) is 1.00. The average molecular weight is 304 g/mol. The van der Waals surface area contributed by atoms with Gasteiger partial charge in [-0.1, -0.05) is 64.7 Å². The summed E-state index contributed by atoms with van der Waals surface area (Å²) in [7, 11) is 0. The normalized spacial score (nSPS) is 12.7. The van der Waals surface area contributed by atoms with Crippen LogP contribution >= 0.6 is 0 Å². The highest BCUT2D eigenvalue weighted by Crippen LogP contribution is 2.10. The number of aliphatic hydroxyl groups is 2. The first-order valence-corrected chi connectivity index (χ1v) is 8.75. The van der Waals surface area contributed by atoms with Crippen molar-refractivity contribution in [3.8, 4) is 0 Å². The van der Waals surface area contributed by atoms with Crippen LogP contribution in [0.25, 0.3) is 0 Å². The molecule has 0 fully saturated rings. The molecule has 1 atom stereocenters. The molecule has 0 amide bonds. The summed E-state index contributed by atoms with van der Waals surface area (Å²) in [6, 6.07) is 0. The zero-order valence-corrected chi connectivity index (χ0v) is 13.9. The van der Waals surface area contributed by atoms with Crippen molar-refractivity contribution in [3.63, 3.8) is 0 Å². The van der Waals surface area contributed by atoms with E-state index in [0.717, 1.165) is 13.0 Å². The van der Waals surface area contributed by atoms with Crippen LogP contribution in [0.15, 0.2) is 0 Å². The van der Waals surface area contributed by atoms with E-state index < -0.39 is 6.10 Å². The van der Waals surface area contributed by atoms with Crippen LogP contribution in [0.1, 0.15) is 71.1 Å². The second kappa shape index (κ2) is 17.9. The van der Waals surface area contributed by atoms with E-state index in [9.17, 15) is 0 Å². The van der Waals surface area contributed by atoms with Crippen molar-refractivity contribution in [1.29, 1.82) is 0 Å². The van der Waals surface area contributed by atoms with Crippen LogP contribution in [0.4, 0.5) is 0 Å². The van der Waals surface area contributed by atoms with Gasteiger partial charge < -0.3 is 19.7 Å². The Morgan fingerprint density at radius 1 is 0.714 bits per heavy atom. The van der Waals surface area contributed by atoms with Gasteiger partial charge in [-0.25, -0.2) is 0 Å². The van der Waals surface area contributed by atoms with Crippen molar-refractivity contribution in [1.82, 2.24) is 0 Å². The lowest BCUT2D eigenvalue weighted by atomic mass is 10.1. The number of hydrogen-bond acceptors (Lipinski definition) is 4. The van der Waals surface area contributed by atoms with Crippen LogP contribution in [0.3, 0.4) is 0 Å². The van der Waals surface area contributed by atoms with Gasteiger partial charge in [-0.2, -0.15) is 0 Å². The average Bonchev–Trinajstić information content (AvgIpc) is 2.50. The second-order valence-electron chi connectivity index (χ2n) is 5.71. The summed E-state index contributed by atoms with van der Waals surface area (Å²) in [5.41, 5.74) is 0. The van der Waals surface area contributed by atoms with Crippen molar-refractivity contribution in [2.75, 3.05) is 33.0 Å². The highest BCUT2D eigenvalue weighted by Gasteiger charge is 2.00. The maximum atomic E-state index is 9.05. The number of unbranched alkanes of at least 4 members (excludes halogenated alkanes) is 9. The van der Waals surface area contributed by atoms with Crippen LogP contribution in [0.2, 0.25) is 0 Å². The van der Waals surface area contributed by atoms with E-state index in [1.807, 2.05) is 0 Å². The van der Waals surface area contributed by atoms with Crippen molar-refractivity contribution >= 4 is 0 Å². The highest BCUT2D eigenvalue weighted by molar-refractivity contribution is 4.49. The number of hydrogen-bond donors (Lipinski definition) is 2. The molecule has 0 aliphatic heterocycles. The minimum absolute atomic E-state index is 0.179. The third-order valence-corrected chi connectivity index (χ3v) is 3.54. The van der Waals surface area contributed by atoms with Gasteiger partial charge in [0.2, 0.25) is 0 Å². The van der Waals surface area contributed by atoms with Gasteiger partial charge >= 0.3 is 0 Å². The number of ether oxygens (including phenoxy) is 2. The van der Waals surface area contributed by atoms with E-state index in [0.29, 0.717) is 13.2 Å². The van der Waals surface area contributed by atoms with E-state index >= 15 is 0 Å². The lowest BCUT2D eigenvalue weighted by Crippen LogP contribution is -2.20. The predicted octanol–water partition coefficient (Wildman–Crippen LogP) is 3.29. The van der Waals surface area contributed by atoms with Crippen LogP contribution in [-0.2, 0) is 9.47 Å². The molecule has 0 aromatic heterocycles. The Balaban J connectivity index is 2.96. The topological polar surface area (TPSA) is 58.9 Å². The van der Waals surface area contributed by atoms with Gasteiger partial charge in [-0.05, 0) is 6.42 Å². The zero-order chi connectivity index (χ0) is 15.6. The van der Waals surface area contributed by atoms with E-state index in [2.05, 4.69) is 6.92 Å². The fourth-order valence-corrected chi connectivity index (χ4v) is 2.18. The smallest absolute Gasteiger partial charge is 0.100 e. The summed E-state index contributed by atoms with van der Waals surface area (Å²) in [5, 5.41) is 17.6.